The van der Waals surface area contributed by atoms with Crippen LogP contribution in [-0.4, -0.2) is 4.98 Å². The second kappa shape index (κ2) is 5.23. The Morgan fingerprint density at radius 1 is 1.15 bits per heavy atom. The van der Waals surface area contributed by atoms with Gasteiger partial charge < -0.3 is 5.73 Å². The van der Waals surface area contributed by atoms with E-state index in [0.29, 0.717) is 5.69 Å². The highest BCUT2D eigenvalue weighted by Gasteiger charge is 2.10. The summed E-state index contributed by atoms with van der Waals surface area (Å²) < 4.78 is 13.2. The van der Waals surface area contributed by atoms with Crippen LogP contribution in [0.3, 0.4) is 0 Å². The molecule has 0 unspecified atom stereocenters. The standard InChI is InChI=1S/C15H10ClFN2S/c16-11-7-9(5-6-12(11)17)14-8-20-15(19-14)10-3-1-2-4-13(10)18/h1-8H,18H2. The average Bonchev–Trinajstić information content (AvgIpc) is 2.92. The zero-order chi connectivity index (χ0) is 14.1. The van der Waals surface area contributed by atoms with E-state index in [0.717, 1.165) is 21.8 Å². The summed E-state index contributed by atoms with van der Waals surface area (Å²) >= 11 is 7.29. The SMILES string of the molecule is Nc1ccccc1-c1nc(-c2ccc(F)c(Cl)c2)cs1. The Labute approximate surface area is 124 Å². The molecule has 0 aliphatic carbocycles. The fraction of sp³-hybridized carbons (Fsp3) is 0. The second-order valence-electron chi connectivity index (χ2n) is 4.25. The largest absolute Gasteiger partial charge is 0.398 e. The van der Waals surface area contributed by atoms with Crippen LogP contribution in [0, 0.1) is 5.82 Å². The van der Waals surface area contributed by atoms with E-state index in [-0.39, 0.29) is 5.02 Å². The molecule has 0 amide bonds. The number of anilines is 1. The van der Waals surface area contributed by atoms with Crippen molar-refractivity contribution in [3.63, 3.8) is 0 Å². The normalized spacial score (nSPS) is 10.7. The van der Waals surface area contributed by atoms with E-state index in [1.54, 1.807) is 12.1 Å². The molecule has 2 aromatic carbocycles. The predicted octanol–water partition coefficient (Wildman–Crippen LogP) is 4.85. The number of halogens is 2. The molecule has 0 saturated carbocycles. The quantitative estimate of drug-likeness (QED) is 0.687. The lowest BCUT2D eigenvalue weighted by Crippen LogP contribution is -1.88. The third kappa shape index (κ3) is 2.40. The highest BCUT2D eigenvalue weighted by atomic mass is 35.5. The van der Waals surface area contributed by atoms with Crippen LogP contribution in [0.5, 0.6) is 0 Å². The van der Waals surface area contributed by atoms with E-state index < -0.39 is 5.82 Å². The number of thiazole rings is 1. The van der Waals surface area contributed by atoms with Crippen LogP contribution in [0.4, 0.5) is 10.1 Å². The minimum atomic E-state index is -0.432. The van der Waals surface area contributed by atoms with Gasteiger partial charge in [-0.1, -0.05) is 23.7 Å². The zero-order valence-electron chi connectivity index (χ0n) is 10.3. The van der Waals surface area contributed by atoms with Crippen molar-refractivity contribution in [2.24, 2.45) is 0 Å². The number of hydrogen-bond donors (Lipinski definition) is 1. The summed E-state index contributed by atoms with van der Waals surface area (Å²) in [7, 11) is 0. The fourth-order valence-electron chi connectivity index (χ4n) is 1.88. The number of nitrogens with zero attached hydrogens (tertiary/aromatic N) is 1. The first kappa shape index (κ1) is 13.1. The fourth-order valence-corrected chi connectivity index (χ4v) is 2.93. The Morgan fingerprint density at radius 3 is 2.70 bits per heavy atom. The van der Waals surface area contributed by atoms with Crippen LogP contribution >= 0.6 is 22.9 Å². The first-order chi connectivity index (χ1) is 9.65. The number of nitrogen functional groups attached to an aromatic ring is 1. The monoisotopic (exact) mass is 304 g/mol. The van der Waals surface area contributed by atoms with Gasteiger partial charge in [-0.05, 0) is 30.3 Å². The smallest absolute Gasteiger partial charge is 0.141 e. The van der Waals surface area contributed by atoms with E-state index in [1.807, 2.05) is 29.6 Å². The van der Waals surface area contributed by atoms with Gasteiger partial charge in [-0.2, -0.15) is 0 Å². The minimum Gasteiger partial charge on any atom is -0.398 e. The molecule has 0 aliphatic heterocycles. The molecule has 0 bridgehead atoms. The summed E-state index contributed by atoms with van der Waals surface area (Å²) in [4.78, 5) is 4.54. The van der Waals surface area contributed by atoms with Gasteiger partial charge in [-0.3, -0.25) is 0 Å². The highest BCUT2D eigenvalue weighted by molar-refractivity contribution is 7.13. The Hall–Kier alpha value is -1.91. The number of para-hydroxylation sites is 1. The zero-order valence-corrected chi connectivity index (χ0v) is 11.9. The Balaban J connectivity index is 2.02. The molecule has 0 radical (unpaired) electrons. The van der Waals surface area contributed by atoms with Crippen LogP contribution in [0.15, 0.2) is 47.8 Å². The molecule has 0 spiro atoms. The van der Waals surface area contributed by atoms with Crippen LogP contribution in [0.2, 0.25) is 5.02 Å². The summed E-state index contributed by atoms with van der Waals surface area (Å²) in [5.74, 6) is -0.432. The van der Waals surface area contributed by atoms with Gasteiger partial charge in [0.2, 0.25) is 0 Å². The maximum atomic E-state index is 13.2. The lowest BCUT2D eigenvalue weighted by atomic mass is 10.1. The molecule has 5 heteroatoms. The molecule has 0 aliphatic rings. The summed E-state index contributed by atoms with van der Waals surface area (Å²) in [6.07, 6.45) is 0. The van der Waals surface area contributed by atoms with E-state index in [2.05, 4.69) is 4.98 Å². The van der Waals surface area contributed by atoms with Crippen molar-refractivity contribution in [1.29, 1.82) is 0 Å². The van der Waals surface area contributed by atoms with Crippen molar-refractivity contribution in [3.8, 4) is 21.8 Å². The second-order valence-corrected chi connectivity index (χ2v) is 5.52. The number of nitrogens with two attached hydrogens (primary N) is 1. The van der Waals surface area contributed by atoms with Crippen molar-refractivity contribution in [2.45, 2.75) is 0 Å². The minimum absolute atomic E-state index is 0.0938. The predicted molar refractivity (Wildman–Crippen MR) is 82.4 cm³/mol. The molecule has 20 heavy (non-hydrogen) atoms. The Bertz CT molecular complexity index is 770. The lowest BCUT2D eigenvalue weighted by Gasteiger charge is -2.01. The number of hydrogen-bond acceptors (Lipinski definition) is 3. The van der Waals surface area contributed by atoms with Gasteiger partial charge in [-0.15, -0.1) is 11.3 Å². The van der Waals surface area contributed by atoms with Gasteiger partial charge in [0, 0.05) is 22.2 Å². The summed E-state index contributed by atoms with van der Waals surface area (Å²) in [6.45, 7) is 0. The number of aromatic nitrogens is 1. The van der Waals surface area contributed by atoms with E-state index in [9.17, 15) is 4.39 Å². The summed E-state index contributed by atoms with van der Waals surface area (Å²) in [5, 5.41) is 2.83. The molecular formula is C15H10ClFN2S. The van der Waals surface area contributed by atoms with E-state index in [1.165, 1.54) is 17.4 Å². The van der Waals surface area contributed by atoms with Crippen LogP contribution in [-0.2, 0) is 0 Å². The Kier molecular flexibility index (Phi) is 3.42. The van der Waals surface area contributed by atoms with Crippen molar-refractivity contribution < 1.29 is 4.39 Å². The van der Waals surface area contributed by atoms with Crippen molar-refractivity contribution in [2.75, 3.05) is 5.73 Å². The van der Waals surface area contributed by atoms with Crippen molar-refractivity contribution >= 4 is 28.6 Å². The van der Waals surface area contributed by atoms with Gasteiger partial charge >= 0.3 is 0 Å². The van der Waals surface area contributed by atoms with Crippen molar-refractivity contribution in [3.05, 3.63) is 58.7 Å². The van der Waals surface area contributed by atoms with Crippen molar-refractivity contribution in [1.82, 2.24) is 4.98 Å². The van der Waals surface area contributed by atoms with E-state index in [4.69, 9.17) is 17.3 Å². The number of rotatable bonds is 2. The molecule has 2 nitrogen and oxygen atoms in total. The first-order valence-corrected chi connectivity index (χ1v) is 7.17. The molecule has 0 atom stereocenters. The third-order valence-electron chi connectivity index (χ3n) is 2.91. The van der Waals surface area contributed by atoms with Crippen LogP contribution in [0.25, 0.3) is 21.8 Å². The van der Waals surface area contributed by atoms with Gasteiger partial charge in [0.1, 0.15) is 10.8 Å². The van der Waals surface area contributed by atoms with Gasteiger partial charge in [0.05, 0.1) is 10.7 Å². The maximum Gasteiger partial charge on any atom is 0.141 e. The Morgan fingerprint density at radius 2 is 1.95 bits per heavy atom. The summed E-state index contributed by atoms with van der Waals surface area (Å²) in [6, 6.07) is 12.1. The third-order valence-corrected chi connectivity index (χ3v) is 4.08. The average molecular weight is 305 g/mol. The molecule has 3 aromatic rings. The molecule has 3 rings (SSSR count). The first-order valence-electron chi connectivity index (χ1n) is 5.91. The maximum absolute atomic E-state index is 13.2. The molecule has 1 heterocycles. The molecule has 2 N–H and O–H groups in total. The lowest BCUT2D eigenvalue weighted by molar-refractivity contribution is 0.628. The molecule has 0 fully saturated rings. The molecule has 1 aromatic heterocycles. The number of benzene rings is 2. The van der Waals surface area contributed by atoms with Crippen LogP contribution in [0.1, 0.15) is 0 Å². The van der Waals surface area contributed by atoms with Gasteiger partial charge in [0.15, 0.2) is 0 Å². The van der Waals surface area contributed by atoms with Gasteiger partial charge in [0.25, 0.3) is 0 Å². The van der Waals surface area contributed by atoms with Gasteiger partial charge in [-0.25, -0.2) is 9.37 Å². The highest BCUT2D eigenvalue weighted by Crippen LogP contribution is 2.32. The topological polar surface area (TPSA) is 38.9 Å². The molecular weight excluding hydrogens is 295 g/mol. The molecule has 100 valence electrons. The summed E-state index contributed by atoms with van der Waals surface area (Å²) in [5.41, 5.74) is 9.07. The van der Waals surface area contributed by atoms with Crippen LogP contribution < -0.4 is 5.73 Å². The molecule has 0 saturated heterocycles. The van der Waals surface area contributed by atoms with E-state index >= 15 is 0 Å².